The number of nitrogens with one attached hydrogen (secondary N) is 1. The van der Waals surface area contributed by atoms with Crippen LogP contribution in [0.1, 0.15) is 111 Å². The number of nitrogens with zero attached hydrogens (tertiary/aromatic N) is 7. The summed E-state index contributed by atoms with van der Waals surface area (Å²) >= 11 is 25.8. The third kappa shape index (κ3) is 12.7. The summed E-state index contributed by atoms with van der Waals surface area (Å²) in [6, 6.07) is 26.3. The van der Waals surface area contributed by atoms with Gasteiger partial charge in [-0.15, -0.1) is 12.4 Å². The number of fused-ring (bicyclic) bond motifs is 2. The molecule has 4 saturated heterocycles. The number of carbonyl (C=O) groups excluding carboxylic acids is 3. The fourth-order valence-corrected chi connectivity index (χ4v) is 13.1. The van der Waals surface area contributed by atoms with E-state index in [1.165, 1.54) is 12.8 Å². The molecule has 11 nitrogen and oxygen atoms in total. The van der Waals surface area contributed by atoms with Crippen molar-refractivity contribution < 1.29 is 31.9 Å². The fraction of sp³-hybridized carbons (Fsp3) is 0.417. The number of alkyl halides is 4. The van der Waals surface area contributed by atoms with E-state index < -0.39 is 11.8 Å². The average molecular weight is 1200 g/mol. The van der Waals surface area contributed by atoms with Gasteiger partial charge in [0.15, 0.2) is 0 Å². The third-order valence-electron chi connectivity index (χ3n) is 15.9. The molecular weight excluding hydrogens is 1130 g/mol. The number of amides is 2. The fourth-order valence-electron chi connectivity index (χ4n) is 12.1. The van der Waals surface area contributed by atoms with Crippen LogP contribution in [0.4, 0.5) is 17.6 Å². The Morgan fingerprint density at radius 3 is 1.41 bits per heavy atom. The van der Waals surface area contributed by atoms with Gasteiger partial charge < -0.3 is 14.5 Å². The Kier molecular flexibility index (Phi) is 18.9. The molecule has 20 heteroatoms. The van der Waals surface area contributed by atoms with E-state index in [9.17, 15) is 31.9 Å². The molecule has 4 aromatic carbocycles. The first kappa shape index (κ1) is 59.7. The largest absolute Gasteiger partial charge is 0.311 e. The van der Waals surface area contributed by atoms with Crippen LogP contribution in [-0.4, -0.2) is 129 Å². The summed E-state index contributed by atoms with van der Waals surface area (Å²) in [7, 11) is 0. The van der Waals surface area contributed by atoms with Crippen LogP contribution in [0.2, 0.25) is 20.1 Å². The molecule has 1 N–H and O–H groups in total. The maximum absolute atomic E-state index is 14.0. The molecule has 12 rings (SSSR count). The average Bonchev–Trinajstić information content (AvgIpc) is 4.29. The van der Waals surface area contributed by atoms with Crippen LogP contribution in [0.5, 0.6) is 0 Å². The Morgan fingerprint density at radius 2 is 1.04 bits per heavy atom. The summed E-state index contributed by atoms with van der Waals surface area (Å²) < 4.78 is 55.3. The topological polar surface area (TPSA) is 89.3 Å². The van der Waals surface area contributed by atoms with E-state index in [-0.39, 0.29) is 50.2 Å². The van der Waals surface area contributed by atoms with Crippen LogP contribution >= 0.6 is 58.8 Å². The molecule has 6 aliphatic heterocycles. The van der Waals surface area contributed by atoms with Gasteiger partial charge in [-0.2, -0.15) is 0 Å². The van der Waals surface area contributed by atoms with Crippen LogP contribution in [0, 0.1) is 13.8 Å². The lowest BCUT2D eigenvalue weighted by Gasteiger charge is -2.39. The molecule has 0 bridgehead atoms. The minimum atomic E-state index is -2.61. The maximum Gasteiger partial charge on any atom is 0.270 e. The lowest BCUT2D eigenvalue weighted by molar-refractivity contribution is -0.0240. The first-order chi connectivity index (χ1) is 37.9. The van der Waals surface area contributed by atoms with Crippen molar-refractivity contribution in [2.45, 2.75) is 96.4 Å². The SMILES string of the molecule is Cc1c2c(n(-c3ccc(Cl)cc3Cl)c1-c1ccc(C=O)cc1)CCN(N1CCCCC1)C2=O.Cc1c2c(n(-c3ccc(Cl)cc3Cl)c1-c1ccc(CN3CCC(F)(F)C3)cc1)CCN(N1CCCCC1)C2=O.Cl.FC1(F)CCNC1. The first-order valence-electron chi connectivity index (χ1n) is 27.3. The van der Waals surface area contributed by atoms with Crippen molar-refractivity contribution in [2.24, 2.45) is 0 Å². The molecule has 80 heavy (non-hydrogen) atoms. The van der Waals surface area contributed by atoms with Gasteiger partial charge in [0.25, 0.3) is 23.7 Å². The summed E-state index contributed by atoms with van der Waals surface area (Å²) in [5.74, 6) is -4.94. The van der Waals surface area contributed by atoms with E-state index in [2.05, 4.69) is 24.5 Å². The van der Waals surface area contributed by atoms with Crippen LogP contribution in [0.25, 0.3) is 33.9 Å². The van der Waals surface area contributed by atoms with E-state index in [1.807, 2.05) is 84.5 Å². The molecule has 0 radical (unpaired) electrons. The van der Waals surface area contributed by atoms with E-state index in [0.717, 1.165) is 138 Å². The summed E-state index contributed by atoms with van der Waals surface area (Å²) in [6.07, 6.45) is 9.04. The Labute approximate surface area is 491 Å². The molecule has 4 fully saturated rings. The standard InChI is InChI=1S/C30H32Cl2F2N4O.C26H25Cl2N3O2.C4H7F2N.ClH/c1-20-27-26(11-15-37(29(27)39)36-13-3-2-4-14-36)38(25-10-9-23(31)17-24(25)32)28(20)22-7-5-21(6-8-22)18-35-16-12-30(33,34)19-35;1-17-24-23(11-14-30(26(24)33)29-12-3-2-4-13-29)31(22-10-9-20(27)15-21(22)28)25(17)19-7-5-18(16-32)6-8-19;5-4(6)1-2-7-3-4;/h5-10,17H,2-4,11-16,18-19H2,1H3;5-10,15-16H,2-4,11-14H2,1H3;7H,1-3H2;1H. The predicted octanol–water partition coefficient (Wildman–Crippen LogP) is 14.0. The molecular formula is C60H65Cl5F4N8O3. The van der Waals surface area contributed by atoms with Crippen molar-refractivity contribution >= 4 is 76.9 Å². The number of benzene rings is 4. The predicted molar refractivity (Wildman–Crippen MR) is 312 cm³/mol. The number of likely N-dealkylation sites (tertiary alicyclic amines) is 1. The molecule has 2 amide bonds. The van der Waals surface area contributed by atoms with Crippen molar-refractivity contribution in [1.82, 2.24) is 39.4 Å². The molecule has 8 heterocycles. The number of aromatic nitrogens is 2. The van der Waals surface area contributed by atoms with Gasteiger partial charge in [0.05, 0.1) is 57.0 Å². The maximum atomic E-state index is 14.0. The van der Waals surface area contributed by atoms with Crippen LogP contribution in [0.3, 0.4) is 0 Å². The molecule has 0 saturated carbocycles. The molecule has 0 unspecified atom stereocenters. The van der Waals surface area contributed by atoms with Gasteiger partial charge in [-0.1, -0.05) is 108 Å². The molecule has 2 aromatic heterocycles. The smallest absolute Gasteiger partial charge is 0.270 e. The van der Waals surface area contributed by atoms with Crippen LogP contribution < -0.4 is 5.32 Å². The molecule has 0 aliphatic carbocycles. The van der Waals surface area contributed by atoms with Crippen LogP contribution in [-0.2, 0) is 19.4 Å². The lowest BCUT2D eigenvalue weighted by atomic mass is 10.0. The quantitative estimate of drug-likeness (QED) is 0.114. The summed E-state index contributed by atoms with van der Waals surface area (Å²) in [5.41, 5.74) is 12.1. The molecule has 6 aromatic rings. The number of carbonyl (C=O) groups is 3. The minimum absolute atomic E-state index is 0. The number of hydrogen-bond acceptors (Lipinski definition) is 7. The molecule has 426 valence electrons. The van der Waals surface area contributed by atoms with Crippen molar-refractivity contribution in [2.75, 3.05) is 65.4 Å². The van der Waals surface area contributed by atoms with Gasteiger partial charge >= 0.3 is 0 Å². The number of hydrazine groups is 2. The van der Waals surface area contributed by atoms with Gasteiger partial charge in [-0.05, 0) is 104 Å². The number of piperidine rings is 2. The summed E-state index contributed by atoms with van der Waals surface area (Å²) in [4.78, 5) is 40.7. The second-order valence-electron chi connectivity index (χ2n) is 21.4. The third-order valence-corrected chi connectivity index (χ3v) is 17.0. The van der Waals surface area contributed by atoms with Crippen molar-refractivity contribution in [3.63, 3.8) is 0 Å². The van der Waals surface area contributed by atoms with Gasteiger partial charge in [-0.3, -0.25) is 29.3 Å². The number of halogens is 9. The monoisotopic (exact) mass is 1200 g/mol. The second kappa shape index (κ2) is 25.3. The molecule has 6 aliphatic rings. The Balaban J connectivity index is 0.000000172. The number of hydrogen-bond donors (Lipinski definition) is 1. The normalized spacial score (nSPS) is 19.1. The van der Waals surface area contributed by atoms with Gasteiger partial charge in [0, 0.05) is 112 Å². The van der Waals surface area contributed by atoms with Gasteiger partial charge in [-0.25, -0.2) is 27.6 Å². The van der Waals surface area contributed by atoms with E-state index in [0.29, 0.717) is 64.8 Å². The van der Waals surface area contributed by atoms with Crippen molar-refractivity contribution in [3.05, 3.63) is 150 Å². The minimum Gasteiger partial charge on any atom is -0.311 e. The molecule has 0 spiro atoms. The second-order valence-corrected chi connectivity index (χ2v) is 23.1. The highest BCUT2D eigenvalue weighted by Gasteiger charge is 2.40. The van der Waals surface area contributed by atoms with Crippen molar-refractivity contribution in [1.29, 1.82) is 0 Å². The Morgan fingerprint density at radius 1 is 0.575 bits per heavy atom. The highest BCUT2D eigenvalue weighted by Crippen LogP contribution is 2.42. The van der Waals surface area contributed by atoms with Gasteiger partial charge in [0.1, 0.15) is 6.29 Å². The summed E-state index contributed by atoms with van der Waals surface area (Å²) in [6.45, 7) is 9.94. The highest BCUT2D eigenvalue weighted by atomic mass is 35.5. The number of rotatable bonds is 9. The van der Waals surface area contributed by atoms with E-state index >= 15 is 0 Å². The van der Waals surface area contributed by atoms with Gasteiger partial charge in [0.2, 0.25) is 0 Å². The molecule has 0 atom stereocenters. The lowest BCUT2D eigenvalue weighted by Crippen LogP contribution is -2.51. The highest BCUT2D eigenvalue weighted by molar-refractivity contribution is 6.36. The van der Waals surface area contributed by atoms with E-state index in [1.54, 1.807) is 29.2 Å². The van der Waals surface area contributed by atoms with E-state index in [4.69, 9.17) is 46.4 Å². The zero-order valence-corrected chi connectivity index (χ0v) is 48.6. The Hall–Kier alpha value is -4.94. The zero-order chi connectivity index (χ0) is 55.8. The van der Waals surface area contributed by atoms with Crippen LogP contribution in [0.15, 0.2) is 84.9 Å². The Bertz CT molecular complexity index is 3220. The number of aldehydes is 1. The van der Waals surface area contributed by atoms with Crippen molar-refractivity contribution in [3.8, 4) is 33.9 Å². The first-order valence-corrected chi connectivity index (χ1v) is 28.8. The zero-order valence-electron chi connectivity index (χ0n) is 44.8. The summed E-state index contributed by atoms with van der Waals surface area (Å²) in [5, 5.41) is 13.0.